The van der Waals surface area contributed by atoms with Gasteiger partial charge in [-0.05, 0) is 67.1 Å². The molecule has 32 heavy (non-hydrogen) atoms. The SMILES string of the molecule is COc1ccc(/C=C(\C#N)C(=O)Nc2ccc(Cl)cc2)cc1OC(=O)c1ccc(C)cc1. The van der Waals surface area contributed by atoms with Crippen LogP contribution >= 0.6 is 11.6 Å². The molecule has 0 aliphatic rings. The summed E-state index contributed by atoms with van der Waals surface area (Å²) in [5.74, 6) is -0.622. The molecule has 1 N–H and O–H groups in total. The molecule has 0 atom stereocenters. The van der Waals surface area contributed by atoms with Gasteiger partial charge in [-0.25, -0.2) is 4.79 Å². The fourth-order valence-electron chi connectivity index (χ4n) is 2.76. The molecular formula is C25H19ClN2O4. The molecule has 0 aliphatic carbocycles. The summed E-state index contributed by atoms with van der Waals surface area (Å²) in [5.41, 5.74) is 2.27. The largest absolute Gasteiger partial charge is 0.493 e. The summed E-state index contributed by atoms with van der Waals surface area (Å²) in [4.78, 5) is 25.0. The number of halogens is 1. The van der Waals surface area contributed by atoms with E-state index >= 15 is 0 Å². The third-order valence-electron chi connectivity index (χ3n) is 4.46. The highest BCUT2D eigenvalue weighted by molar-refractivity contribution is 6.30. The highest BCUT2D eigenvalue weighted by atomic mass is 35.5. The van der Waals surface area contributed by atoms with Crippen molar-refractivity contribution in [1.29, 1.82) is 5.26 Å². The van der Waals surface area contributed by atoms with E-state index in [0.717, 1.165) is 5.56 Å². The molecule has 0 saturated heterocycles. The molecule has 0 spiro atoms. The van der Waals surface area contributed by atoms with Crippen LogP contribution in [0.5, 0.6) is 11.5 Å². The van der Waals surface area contributed by atoms with E-state index < -0.39 is 11.9 Å². The Morgan fingerprint density at radius 2 is 1.69 bits per heavy atom. The van der Waals surface area contributed by atoms with Gasteiger partial charge in [-0.3, -0.25) is 4.79 Å². The smallest absolute Gasteiger partial charge is 0.343 e. The fourth-order valence-corrected chi connectivity index (χ4v) is 2.88. The number of carbonyl (C=O) groups is 2. The summed E-state index contributed by atoms with van der Waals surface area (Å²) in [5, 5.41) is 12.6. The van der Waals surface area contributed by atoms with E-state index in [4.69, 9.17) is 21.1 Å². The van der Waals surface area contributed by atoms with E-state index in [1.165, 1.54) is 19.3 Å². The molecule has 0 fully saturated rings. The molecule has 0 radical (unpaired) electrons. The maximum Gasteiger partial charge on any atom is 0.343 e. The second-order valence-corrected chi connectivity index (χ2v) is 7.23. The Morgan fingerprint density at radius 3 is 2.31 bits per heavy atom. The van der Waals surface area contributed by atoms with Crippen LogP contribution in [0.2, 0.25) is 5.02 Å². The molecule has 0 aromatic heterocycles. The van der Waals surface area contributed by atoms with Crippen molar-refractivity contribution < 1.29 is 19.1 Å². The number of rotatable bonds is 6. The molecule has 7 heteroatoms. The highest BCUT2D eigenvalue weighted by Crippen LogP contribution is 2.30. The predicted molar refractivity (Wildman–Crippen MR) is 123 cm³/mol. The number of nitriles is 1. The lowest BCUT2D eigenvalue weighted by Crippen LogP contribution is -2.13. The molecule has 3 aromatic rings. The molecule has 0 bridgehead atoms. The van der Waals surface area contributed by atoms with Gasteiger partial charge < -0.3 is 14.8 Å². The van der Waals surface area contributed by atoms with Crippen molar-refractivity contribution in [3.8, 4) is 17.6 Å². The molecular weight excluding hydrogens is 428 g/mol. The van der Waals surface area contributed by atoms with Crippen LogP contribution in [0.25, 0.3) is 6.08 Å². The van der Waals surface area contributed by atoms with Crippen LogP contribution in [0, 0.1) is 18.3 Å². The van der Waals surface area contributed by atoms with Crippen LogP contribution in [0.1, 0.15) is 21.5 Å². The maximum absolute atomic E-state index is 12.5. The van der Waals surface area contributed by atoms with Gasteiger partial charge in [0, 0.05) is 10.7 Å². The number of nitrogens with zero attached hydrogens (tertiary/aromatic N) is 1. The number of benzene rings is 3. The van der Waals surface area contributed by atoms with Gasteiger partial charge >= 0.3 is 5.97 Å². The second kappa shape index (κ2) is 10.3. The summed E-state index contributed by atoms with van der Waals surface area (Å²) >= 11 is 5.84. The lowest BCUT2D eigenvalue weighted by atomic mass is 10.1. The standard InChI is InChI=1S/C25H19ClN2O4/c1-16-3-6-18(7-4-16)25(30)32-23-14-17(5-12-22(23)31-2)13-19(15-27)24(29)28-21-10-8-20(26)9-11-21/h3-14H,1-2H3,(H,28,29)/b19-13+. The molecule has 3 rings (SSSR count). The minimum atomic E-state index is -0.580. The van der Waals surface area contributed by atoms with Gasteiger partial charge in [-0.15, -0.1) is 0 Å². The van der Waals surface area contributed by atoms with E-state index in [-0.39, 0.29) is 11.3 Å². The van der Waals surface area contributed by atoms with Gasteiger partial charge in [-0.1, -0.05) is 35.4 Å². The first-order valence-corrected chi connectivity index (χ1v) is 9.93. The van der Waals surface area contributed by atoms with Crippen molar-refractivity contribution in [3.63, 3.8) is 0 Å². The third kappa shape index (κ3) is 5.75. The Labute approximate surface area is 190 Å². The monoisotopic (exact) mass is 446 g/mol. The Morgan fingerprint density at radius 1 is 1.00 bits per heavy atom. The Kier molecular flexibility index (Phi) is 7.27. The summed E-state index contributed by atoms with van der Waals surface area (Å²) in [6.07, 6.45) is 1.40. The minimum absolute atomic E-state index is 0.124. The van der Waals surface area contributed by atoms with Crippen molar-refractivity contribution in [2.24, 2.45) is 0 Å². The summed E-state index contributed by atoms with van der Waals surface area (Å²) in [6, 6.07) is 20.1. The number of hydrogen-bond donors (Lipinski definition) is 1. The van der Waals surface area contributed by atoms with Crippen LogP contribution in [-0.2, 0) is 4.79 Å². The fraction of sp³-hybridized carbons (Fsp3) is 0.0800. The highest BCUT2D eigenvalue weighted by Gasteiger charge is 2.14. The van der Waals surface area contributed by atoms with Crippen LogP contribution < -0.4 is 14.8 Å². The number of methoxy groups -OCH3 is 1. The molecule has 3 aromatic carbocycles. The van der Waals surface area contributed by atoms with Gasteiger partial charge in [0.2, 0.25) is 0 Å². The van der Waals surface area contributed by atoms with E-state index in [9.17, 15) is 14.9 Å². The molecule has 6 nitrogen and oxygen atoms in total. The lowest BCUT2D eigenvalue weighted by Gasteiger charge is -2.10. The van der Waals surface area contributed by atoms with Crippen LogP contribution in [0.4, 0.5) is 5.69 Å². The van der Waals surface area contributed by atoms with E-state index in [1.54, 1.807) is 48.5 Å². The first-order valence-electron chi connectivity index (χ1n) is 9.55. The molecule has 160 valence electrons. The molecule has 0 aliphatic heterocycles. The van der Waals surface area contributed by atoms with Crippen LogP contribution in [0.15, 0.2) is 72.3 Å². The molecule has 0 saturated carbocycles. The van der Waals surface area contributed by atoms with Crippen molar-refractivity contribution >= 4 is 35.2 Å². The normalized spacial score (nSPS) is 10.8. The molecule has 0 unspecified atom stereocenters. The summed E-state index contributed by atoms with van der Waals surface area (Å²) in [7, 11) is 1.45. The number of anilines is 1. The number of amides is 1. The molecule has 1 amide bonds. The van der Waals surface area contributed by atoms with Crippen LogP contribution in [-0.4, -0.2) is 19.0 Å². The van der Waals surface area contributed by atoms with Gasteiger partial charge in [0.1, 0.15) is 11.6 Å². The van der Waals surface area contributed by atoms with Crippen molar-refractivity contribution in [2.75, 3.05) is 12.4 Å². The Balaban J connectivity index is 1.83. The number of esters is 1. The summed E-state index contributed by atoms with van der Waals surface area (Å²) in [6.45, 7) is 1.92. The van der Waals surface area contributed by atoms with Crippen LogP contribution in [0.3, 0.4) is 0 Å². The van der Waals surface area contributed by atoms with Crippen molar-refractivity contribution in [3.05, 3.63) is 94.0 Å². The van der Waals surface area contributed by atoms with Gasteiger partial charge in [0.05, 0.1) is 12.7 Å². The number of aryl methyl sites for hydroxylation is 1. The zero-order chi connectivity index (χ0) is 23.1. The number of ether oxygens (including phenoxy) is 2. The first-order chi connectivity index (χ1) is 15.4. The predicted octanol–water partition coefficient (Wildman–Crippen LogP) is 5.42. The van der Waals surface area contributed by atoms with Crippen molar-refractivity contribution in [2.45, 2.75) is 6.92 Å². The van der Waals surface area contributed by atoms with Crippen molar-refractivity contribution in [1.82, 2.24) is 0 Å². The quantitative estimate of drug-likeness (QED) is 0.236. The summed E-state index contributed by atoms with van der Waals surface area (Å²) < 4.78 is 10.8. The van der Waals surface area contributed by atoms with Gasteiger partial charge in [0.25, 0.3) is 5.91 Å². The maximum atomic E-state index is 12.5. The van der Waals surface area contributed by atoms with Gasteiger partial charge in [-0.2, -0.15) is 5.26 Å². The Bertz CT molecular complexity index is 1210. The lowest BCUT2D eigenvalue weighted by molar-refractivity contribution is -0.112. The zero-order valence-electron chi connectivity index (χ0n) is 17.4. The number of carbonyl (C=O) groups excluding carboxylic acids is 2. The second-order valence-electron chi connectivity index (χ2n) is 6.80. The van der Waals surface area contributed by atoms with E-state index in [0.29, 0.717) is 27.6 Å². The average Bonchev–Trinajstić information content (AvgIpc) is 2.79. The Hall–Kier alpha value is -4.08. The molecule has 0 heterocycles. The van der Waals surface area contributed by atoms with Gasteiger partial charge in [0.15, 0.2) is 11.5 Å². The van der Waals surface area contributed by atoms with E-state index in [2.05, 4.69) is 5.32 Å². The first kappa shape index (κ1) is 22.6. The average molecular weight is 447 g/mol. The topological polar surface area (TPSA) is 88.4 Å². The minimum Gasteiger partial charge on any atom is -0.493 e. The van der Waals surface area contributed by atoms with E-state index in [1.807, 2.05) is 25.1 Å². The zero-order valence-corrected chi connectivity index (χ0v) is 18.1. The number of hydrogen-bond acceptors (Lipinski definition) is 5. The third-order valence-corrected chi connectivity index (χ3v) is 4.71. The number of nitrogens with one attached hydrogen (secondary N) is 1.